The maximum absolute atomic E-state index is 12.5. The summed E-state index contributed by atoms with van der Waals surface area (Å²) in [4.78, 5) is 28.3. The minimum atomic E-state index is -0.260. The van der Waals surface area contributed by atoms with Crippen molar-refractivity contribution in [3.8, 4) is 0 Å². The van der Waals surface area contributed by atoms with Gasteiger partial charge in [-0.05, 0) is 18.1 Å². The molecule has 5 nitrogen and oxygen atoms in total. The predicted octanol–water partition coefficient (Wildman–Crippen LogP) is 3.22. The zero-order valence-electron chi connectivity index (χ0n) is 16.8. The van der Waals surface area contributed by atoms with Crippen LogP contribution in [-0.2, 0) is 14.3 Å². The third kappa shape index (κ3) is 6.08. The Morgan fingerprint density at radius 1 is 0.897 bits per heavy atom. The Balaban J connectivity index is 1.58. The van der Waals surface area contributed by atoms with Crippen molar-refractivity contribution < 1.29 is 14.3 Å². The van der Waals surface area contributed by atoms with Crippen LogP contribution in [-0.4, -0.2) is 66.0 Å². The van der Waals surface area contributed by atoms with Gasteiger partial charge in [0, 0.05) is 26.2 Å². The molecule has 6 heteroatoms. The number of benzene rings is 2. The second-order valence-corrected chi connectivity index (χ2v) is 7.92. The lowest BCUT2D eigenvalue weighted by molar-refractivity contribution is -0.139. The quantitative estimate of drug-likeness (QED) is 0.623. The second kappa shape index (κ2) is 11.0. The van der Waals surface area contributed by atoms with Crippen LogP contribution < -0.4 is 0 Å². The molecule has 0 atom stereocenters. The van der Waals surface area contributed by atoms with Gasteiger partial charge in [0.25, 0.3) is 0 Å². The molecule has 154 valence electrons. The first kappa shape index (κ1) is 21.4. The van der Waals surface area contributed by atoms with E-state index in [1.54, 1.807) is 6.92 Å². The van der Waals surface area contributed by atoms with Gasteiger partial charge in [0.2, 0.25) is 5.91 Å². The van der Waals surface area contributed by atoms with Crippen LogP contribution in [0.4, 0.5) is 0 Å². The average molecular weight is 413 g/mol. The number of rotatable bonds is 8. The summed E-state index contributed by atoms with van der Waals surface area (Å²) >= 11 is 1.32. The smallest absolute Gasteiger partial charge is 0.315 e. The first-order chi connectivity index (χ1) is 14.2. The Labute approximate surface area is 177 Å². The Hall–Kier alpha value is -2.31. The molecule has 29 heavy (non-hydrogen) atoms. The molecule has 1 heterocycles. The highest BCUT2D eigenvalue weighted by Crippen LogP contribution is 2.29. The maximum Gasteiger partial charge on any atom is 0.315 e. The fraction of sp³-hybridized carbons (Fsp3) is 0.391. The van der Waals surface area contributed by atoms with Crippen molar-refractivity contribution >= 4 is 23.6 Å². The summed E-state index contributed by atoms with van der Waals surface area (Å²) in [5.41, 5.74) is 2.53. The molecule has 1 fully saturated rings. The number of esters is 1. The van der Waals surface area contributed by atoms with Crippen LogP contribution in [0, 0.1) is 0 Å². The van der Waals surface area contributed by atoms with Crippen molar-refractivity contribution in [1.29, 1.82) is 0 Å². The number of hydrogen-bond donors (Lipinski definition) is 0. The van der Waals surface area contributed by atoms with Crippen molar-refractivity contribution in [1.82, 2.24) is 9.80 Å². The summed E-state index contributed by atoms with van der Waals surface area (Å²) in [5, 5.41) is 0. The number of hydrogen-bond acceptors (Lipinski definition) is 5. The van der Waals surface area contributed by atoms with E-state index < -0.39 is 0 Å². The summed E-state index contributed by atoms with van der Waals surface area (Å²) in [5.74, 6) is 0.377. The van der Waals surface area contributed by atoms with Crippen LogP contribution in [0.1, 0.15) is 24.1 Å². The zero-order valence-corrected chi connectivity index (χ0v) is 17.6. The first-order valence-corrected chi connectivity index (χ1v) is 11.2. The van der Waals surface area contributed by atoms with Gasteiger partial charge >= 0.3 is 5.97 Å². The van der Waals surface area contributed by atoms with Crippen LogP contribution in [0.2, 0.25) is 0 Å². The molecule has 0 radical (unpaired) electrons. The van der Waals surface area contributed by atoms with E-state index in [2.05, 4.69) is 53.4 Å². The van der Waals surface area contributed by atoms with Crippen molar-refractivity contribution in [2.45, 2.75) is 13.0 Å². The molecule has 0 aromatic heterocycles. The van der Waals surface area contributed by atoms with Gasteiger partial charge in [0.05, 0.1) is 24.2 Å². The zero-order chi connectivity index (χ0) is 20.5. The third-order valence-corrected chi connectivity index (χ3v) is 5.90. The van der Waals surface area contributed by atoms with E-state index >= 15 is 0 Å². The molecule has 2 aromatic rings. The minimum absolute atomic E-state index is 0.0925. The maximum atomic E-state index is 12.5. The number of ether oxygens (including phenoxy) is 1. The van der Waals surface area contributed by atoms with Gasteiger partial charge in [0.1, 0.15) is 0 Å². The van der Waals surface area contributed by atoms with Crippen LogP contribution >= 0.6 is 11.8 Å². The van der Waals surface area contributed by atoms with E-state index in [1.165, 1.54) is 22.9 Å². The second-order valence-electron chi connectivity index (χ2n) is 6.94. The van der Waals surface area contributed by atoms with Crippen molar-refractivity contribution in [3.05, 3.63) is 71.8 Å². The van der Waals surface area contributed by atoms with E-state index in [1.807, 2.05) is 17.0 Å². The van der Waals surface area contributed by atoms with E-state index in [9.17, 15) is 9.59 Å². The summed E-state index contributed by atoms with van der Waals surface area (Å²) in [6.07, 6.45) is 0. The highest BCUT2D eigenvalue weighted by Gasteiger charge is 2.28. The Morgan fingerprint density at radius 2 is 1.45 bits per heavy atom. The molecule has 0 aliphatic carbocycles. The Morgan fingerprint density at radius 3 is 1.97 bits per heavy atom. The molecule has 3 rings (SSSR count). The third-order valence-electron chi connectivity index (χ3n) is 5.01. The van der Waals surface area contributed by atoms with Crippen molar-refractivity contribution in [2.75, 3.05) is 44.3 Å². The van der Waals surface area contributed by atoms with Gasteiger partial charge in [0.15, 0.2) is 0 Å². The number of carbonyl (C=O) groups excluding carboxylic acids is 2. The predicted molar refractivity (Wildman–Crippen MR) is 117 cm³/mol. The molecule has 2 aromatic carbocycles. The summed E-state index contributed by atoms with van der Waals surface area (Å²) in [6, 6.07) is 21.2. The van der Waals surface area contributed by atoms with E-state index in [-0.39, 0.29) is 23.7 Å². The van der Waals surface area contributed by atoms with Gasteiger partial charge in [-0.1, -0.05) is 60.7 Å². The van der Waals surface area contributed by atoms with Crippen LogP contribution in [0.15, 0.2) is 60.7 Å². The Bertz CT molecular complexity index is 738. The number of amides is 1. The lowest BCUT2D eigenvalue weighted by Crippen LogP contribution is -2.50. The molecule has 0 spiro atoms. The number of nitrogens with zero attached hydrogens (tertiary/aromatic N) is 2. The summed E-state index contributed by atoms with van der Waals surface area (Å²) in [6.45, 7) is 5.21. The van der Waals surface area contributed by atoms with Gasteiger partial charge < -0.3 is 9.64 Å². The molecule has 1 saturated heterocycles. The summed E-state index contributed by atoms with van der Waals surface area (Å²) < 4.78 is 4.90. The fourth-order valence-corrected chi connectivity index (χ4v) is 4.34. The largest absolute Gasteiger partial charge is 0.465 e. The SMILES string of the molecule is CCOC(=O)CSCC(=O)N1CCN(C(c2ccccc2)c2ccccc2)CC1. The van der Waals surface area contributed by atoms with Gasteiger partial charge in [-0.25, -0.2) is 0 Å². The van der Waals surface area contributed by atoms with Crippen LogP contribution in [0.25, 0.3) is 0 Å². The molecule has 0 saturated carbocycles. The van der Waals surface area contributed by atoms with Gasteiger partial charge in [-0.15, -0.1) is 11.8 Å². The number of carbonyl (C=O) groups is 2. The molecular formula is C23H28N2O3S. The highest BCUT2D eigenvalue weighted by molar-refractivity contribution is 8.00. The topological polar surface area (TPSA) is 49.9 Å². The number of thioether (sulfide) groups is 1. The minimum Gasteiger partial charge on any atom is -0.465 e. The van der Waals surface area contributed by atoms with Gasteiger partial charge in [-0.2, -0.15) is 0 Å². The monoisotopic (exact) mass is 412 g/mol. The molecule has 1 amide bonds. The lowest BCUT2D eigenvalue weighted by atomic mass is 9.96. The van der Waals surface area contributed by atoms with Gasteiger partial charge in [-0.3, -0.25) is 14.5 Å². The van der Waals surface area contributed by atoms with E-state index in [0.29, 0.717) is 25.4 Å². The Kier molecular flexibility index (Phi) is 8.14. The highest BCUT2D eigenvalue weighted by atomic mass is 32.2. The normalized spacial score (nSPS) is 14.8. The molecule has 0 bridgehead atoms. The van der Waals surface area contributed by atoms with Crippen LogP contribution in [0.5, 0.6) is 0 Å². The fourth-order valence-electron chi connectivity index (χ4n) is 3.63. The average Bonchev–Trinajstić information content (AvgIpc) is 2.76. The molecule has 0 N–H and O–H groups in total. The molecule has 1 aliphatic heterocycles. The number of piperazine rings is 1. The lowest BCUT2D eigenvalue weighted by Gasteiger charge is -2.39. The molecular weight excluding hydrogens is 384 g/mol. The standard InChI is InChI=1S/C23H28N2O3S/c1-2-28-22(27)18-29-17-21(26)24-13-15-25(16-14-24)23(19-9-5-3-6-10-19)20-11-7-4-8-12-20/h3-12,23H,2,13-18H2,1H3. The van der Waals surface area contributed by atoms with E-state index in [0.717, 1.165) is 13.1 Å². The summed E-state index contributed by atoms with van der Waals surface area (Å²) in [7, 11) is 0. The van der Waals surface area contributed by atoms with Crippen molar-refractivity contribution in [2.24, 2.45) is 0 Å². The molecule has 0 unspecified atom stereocenters. The van der Waals surface area contributed by atoms with E-state index in [4.69, 9.17) is 4.74 Å². The molecule has 1 aliphatic rings. The van der Waals surface area contributed by atoms with Crippen LogP contribution in [0.3, 0.4) is 0 Å². The first-order valence-electron chi connectivity index (χ1n) is 10.0. The van der Waals surface area contributed by atoms with Crippen molar-refractivity contribution in [3.63, 3.8) is 0 Å².